The van der Waals surface area contributed by atoms with E-state index in [1.165, 1.54) is 17.4 Å². The fraction of sp³-hybridized carbons (Fsp3) is 0.409. The van der Waals surface area contributed by atoms with E-state index in [4.69, 9.17) is 16.6 Å². The van der Waals surface area contributed by atoms with Gasteiger partial charge in [0.2, 0.25) is 0 Å². The molecule has 7 nitrogen and oxygen atoms in total. The summed E-state index contributed by atoms with van der Waals surface area (Å²) in [6.07, 6.45) is 5.11. The largest absolute Gasteiger partial charge is 0.467 e. The Hall–Kier alpha value is -2.71. The van der Waals surface area contributed by atoms with Crippen LogP contribution in [0.3, 0.4) is 0 Å². The van der Waals surface area contributed by atoms with E-state index in [2.05, 4.69) is 9.88 Å². The highest BCUT2D eigenvalue weighted by Gasteiger charge is 2.32. The van der Waals surface area contributed by atoms with Gasteiger partial charge >= 0.3 is 0 Å². The Kier molecular flexibility index (Phi) is 5.04. The van der Waals surface area contributed by atoms with E-state index >= 15 is 0 Å². The second kappa shape index (κ2) is 7.85. The van der Waals surface area contributed by atoms with Gasteiger partial charge in [-0.25, -0.2) is 0 Å². The maximum absolute atomic E-state index is 13.1. The maximum Gasteiger partial charge on any atom is 0.262 e. The molecule has 4 heterocycles. The topological polar surface area (TPSA) is 74.5 Å². The molecule has 2 aliphatic heterocycles. The highest BCUT2D eigenvalue weighted by atomic mass is 32.1. The summed E-state index contributed by atoms with van der Waals surface area (Å²) in [5, 5.41) is 0.503. The van der Waals surface area contributed by atoms with Crippen molar-refractivity contribution in [3.63, 3.8) is 0 Å². The zero-order valence-electron chi connectivity index (χ0n) is 16.7. The van der Waals surface area contributed by atoms with Crippen molar-refractivity contribution in [2.75, 3.05) is 26.2 Å². The van der Waals surface area contributed by atoms with E-state index in [9.17, 15) is 9.59 Å². The minimum absolute atomic E-state index is 0.0117. The van der Waals surface area contributed by atoms with Crippen LogP contribution < -0.4 is 5.56 Å². The predicted molar refractivity (Wildman–Crippen MR) is 116 cm³/mol. The lowest BCUT2D eigenvalue weighted by Gasteiger charge is -2.23. The van der Waals surface area contributed by atoms with Gasteiger partial charge in [-0.05, 0) is 74.9 Å². The van der Waals surface area contributed by atoms with Crippen LogP contribution in [0, 0.1) is 4.77 Å². The van der Waals surface area contributed by atoms with E-state index in [0.717, 1.165) is 32.6 Å². The van der Waals surface area contributed by atoms with Crippen LogP contribution in [0.15, 0.2) is 45.8 Å². The first-order valence-electron chi connectivity index (χ1n) is 10.4. The van der Waals surface area contributed by atoms with Gasteiger partial charge < -0.3 is 14.3 Å². The molecule has 2 aliphatic rings. The van der Waals surface area contributed by atoms with Crippen molar-refractivity contribution in [3.05, 3.63) is 63.0 Å². The number of nitrogens with zero attached hydrogens (tertiary/aromatic N) is 3. The third-order valence-corrected chi connectivity index (χ3v) is 6.55. The zero-order valence-corrected chi connectivity index (χ0v) is 17.5. The molecular formula is C22H24N4O3S. The summed E-state index contributed by atoms with van der Waals surface area (Å²) in [4.78, 5) is 33.5. The zero-order chi connectivity index (χ0) is 20.7. The molecule has 30 heavy (non-hydrogen) atoms. The van der Waals surface area contributed by atoms with Gasteiger partial charge in [-0.3, -0.25) is 19.1 Å². The van der Waals surface area contributed by atoms with E-state index < -0.39 is 0 Å². The minimum atomic E-state index is -0.195. The number of aromatic nitrogens is 2. The number of likely N-dealkylation sites (tertiary alicyclic amines) is 2. The second-order valence-electron chi connectivity index (χ2n) is 8.10. The van der Waals surface area contributed by atoms with Gasteiger partial charge in [-0.15, -0.1) is 0 Å². The summed E-state index contributed by atoms with van der Waals surface area (Å²) in [5.74, 6) is 0.669. The Morgan fingerprint density at radius 1 is 1.20 bits per heavy atom. The molecule has 1 unspecified atom stereocenters. The van der Waals surface area contributed by atoms with Crippen molar-refractivity contribution in [1.29, 1.82) is 0 Å². The lowest BCUT2D eigenvalue weighted by molar-refractivity contribution is 0.0780. The van der Waals surface area contributed by atoms with Gasteiger partial charge in [-0.1, -0.05) is 0 Å². The van der Waals surface area contributed by atoms with Gasteiger partial charge in [0, 0.05) is 24.7 Å². The standard InChI is InChI=1S/C22H24N4O3S/c27-20(25-10-7-16(13-25)24-8-1-2-9-24)15-5-6-18-19(12-15)23-22(30)26(21(18)28)14-17-4-3-11-29-17/h3-6,11-12,16H,1-2,7-10,13-14H2,(H,23,30). The third kappa shape index (κ3) is 3.50. The maximum atomic E-state index is 13.1. The second-order valence-corrected chi connectivity index (χ2v) is 8.48. The average Bonchev–Trinajstić information content (AvgIpc) is 3.52. The summed E-state index contributed by atoms with van der Waals surface area (Å²) in [6, 6.07) is 9.25. The normalized spacial score (nSPS) is 19.7. The van der Waals surface area contributed by atoms with Gasteiger partial charge in [0.05, 0.1) is 23.7 Å². The molecule has 1 N–H and O–H groups in total. The molecule has 2 aromatic heterocycles. The SMILES string of the molecule is O=C(c1ccc2c(=O)n(Cc3ccco3)c(=S)[nH]c2c1)N1CCC(N2CCCC2)C1. The van der Waals surface area contributed by atoms with Crippen LogP contribution in [0.5, 0.6) is 0 Å². The van der Waals surface area contributed by atoms with E-state index in [-0.39, 0.29) is 18.0 Å². The lowest BCUT2D eigenvalue weighted by Crippen LogP contribution is -2.37. The highest BCUT2D eigenvalue weighted by Crippen LogP contribution is 2.22. The lowest BCUT2D eigenvalue weighted by atomic mass is 10.1. The molecule has 1 aromatic carbocycles. The van der Waals surface area contributed by atoms with Crippen LogP contribution in [0.25, 0.3) is 10.9 Å². The summed E-state index contributed by atoms with van der Waals surface area (Å²) in [7, 11) is 0. The molecule has 156 valence electrons. The van der Waals surface area contributed by atoms with Crippen LogP contribution in [-0.2, 0) is 6.54 Å². The third-order valence-electron chi connectivity index (χ3n) is 6.23. The van der Waals surface area contributed by atoms with Gasteiger partial charge in [-0.2, -0.15) is 0 Å². The number of fused-ring (bicyclic) bond motifs is 1. The van der Waals surface area contributed by atoms with Crippen LogP contribution >= 0.6 is 12.2 Å². The van der Waals surface area contributed by atoms with Gasteiger partial charge in [0.25, 0.3) is 11.5 Å². The van der Waals surface area contributed by atoms with Crippen molar-refractivity contribution in [2.45, 2.75) is 31.8 Å². The Morgan fingerprint density at radius 2 is 2.03 bits per heavy atom. The monoisotopic (exact) mass is 424 g/mol. The molecule has 0 radical (unpaired) electrons. The van der Waals surface area contributed by atoms with E-state index in [0.29, 0.717) is 33.0 Å². The number of aromatic amines is 1. The first-order valence-corrected chi connectivity index (χ1v) is 10.8. The molecule has 1 amide bonds. The molecular weight excluding hydrogens is 400 g/mol. The Balaban J connectivity index is 1.40. The summed E-state index contributed by atoms with van der Waals surface area (Å²) in [6.45, 7) is 4.10. The quantitative estimate of drug-likeness (QED) is 0.652. The van der Waals surface area contributed by atoms with Crippen LogP contribution in [0.2, 0.25) is 0 Å². The number of hydrogen-bond donors (Lipinski definition) is 1. The van der Waals surface area contributed by atoms with Crippen molar-refractivity contribution in [1.82, 2.24) is 19.4 Å². The number of benzene rings is 1. The summed E-state index contributed by atoms with van der Waals surface area (Å²) in [5.41, 5.74) is 0.972. The smallest absolute Gasteiger partial charge is 0.262 e. The van der Waals surface area contributed by atoms with Crippen molar-refractivity contribution < 1.29 is 9.21 Å². The number of hydrogen-bond acceptors (Lipinski definition) is 5. The van der Waals surface area contributed by atoms with Gasteiger partial charge in [0.15, 0.2) is 4.77 Å². The minimum Gasteiger partial charge on any atom is -0.467 e. The molecule has 2 saturated heterocycles. The molecule has 2 fully saturated rings. The number of rotatable bonds is 4. The van der Waals surface area contributed by atoms with Crippen molar-refractivity contribution in [2.24, 2.45) is 0 Å². The summed E-state index contributed by atoms with van der Waals surface area (Å²) < 4.78 is 7.12. The van der Waals surface area contributed by atoms with Crippen molar-refractivity contribution in [3.8, 4) is 0 Å². The van der Waals surface area contributed by atoms with Crippen LogP contribution in [-0.4, -0.2) is 57.5 Å². The Morgan fingerprint density at radius 3 is 2.80 bits per heavy atom. The predicted octanol–water partition coefficient (Wildman–Crippen LogP) is 3.01. The molecule has 1 atom stereocenters. The number of H-pyrrole nitrogens is 1. The highest BCUT2D eigenvalue weighted by molar-refractivity contribution is 7.71. The van der Waals surface area contributed by atoms with Gasteiger partial charge in [0.1, 0.15) is 5.76 Å². The number of nitrogens with one attached hydrogen (secondary N) is 1. The first-order chi connectivity index (χ1) is 14.6. The molecule has 8 heteroatoms. The van der Waals surface area contributed by atoms with Crippen LogP contribution in [0.1, 0.15) is 35.4 Å². The Bertz CT molecular complexity index is 1190. The molecule has 5 rings (SSSR count). The van der Waals surface area contributed by atoms with Crippen LogP contribution in [0.4, 0.5) is 0 Å². The number of furan rings is 1. The number of amides is 1. The van der Waals surface area contributed by atoms with E-state index in [1.807, 2.05) is 4.90 Å². The fourth-order valence-corrected chi connectivity index (χ4v) is 4.86. The molecule has 3 aromatic rings. The Labute approximate surface area is 178 Å². The molecule has 0 bridgehead atoms. The van der Waals surface area contributed by atoms with Crippen molar-refractivity contribution >= 4 is 29.0 Å². The molecule has 0 saturated carbocycles. The average molecular weight is 425 g/mol. The fourth-order valence-electron chi connectivity index (χ4n) is 4.60. The number of carbonyl (C=O) groups is 1. The summed E-state index contributed by atoms with van der Waals surface area (Å²) >= 11 is 5.40. The first kappa shape index (κ1) is 19.3. The molecule has 0 spiro atoms. The van der Waals surface area contributed by atoms with E-state index in [1.54, 1.807) is 36.6 Å². The molecule has 0 aliphatic carbocycles. The number of carbonyl (C=O) groups excluding carboxylic acids is 1.